The predicted octanol–water partition coefficient (Wildman–Crippen LogP) is -0.889. The van der Waals surface area contributed by atoms with Crippen LogP contribution >= 0.6 is 11.8 Å². The summed E-state index contributed by atoms with van der Waals surface area (Å²) in [6, 6.07) is 7.64. The molecule has 28 heavy (non-hydrogen) atoms. The monoisotopic (exact) mass is 410 g/mol. The molecule has 0 heterocycles. The summed E-state index contributed by atoms with van der Waals surface area (Å²) in [7, 11) is 0. The normalized spacial score (nSPS) is 12.5. The van der Waals surface area contributed by atoms with E-state index in [-0.39, 0.29) is 6.54 Å². The van der Waals surface area contributed by atoms with Crippen LogP contribution in [0.1, 0.15) is 12.0 Å². The fourth-order valence-corrected chi connectivity index (χ4v) is 2.74. The number of carbonyl (C=O) groups excluding carboxylic acids is 3. The summed E-state index contributed by atoms with van der Waals surface area (Å²) in [6.45, 7) is -0.913. The Morgan fingerprint density at radius 1 is 1.07 bits per heavy atom. The maximum Gasteiger partial charge on any atom is 0.322 e. The van der Waals surface area contributed by atoms with Gasteiger partial charge in [0.05, 0.1) is 12.6 Å². The number of hydrogen-bond acceptors (Lipinski definition) is 6. The molecule has 154 valence electrons. The van der Waals surface area contributed by atoms with Crippen LogP contribution < -0.4 is 21.7 Å². The van der Waals surface area contributed by atoms with Crippen LogP contribution in [-0.4, -0.2) is 66.0 Å². The van der Waals surface area contributed by atoms with E-state index in [9.17, 15) is 19.2 Å². The van der Waals surface area contributed by atoms with E-state index in [1.165, 1.54) is 11.8 Å². The van der Waals surface area contributed by atoms with Crippen molar-refractivity contribution in [2.75, 3.05) is 25.1 Å². The molecule has 1 aromatic rings. The van der Waals surface area contributed by atoms with E-state index in [1.807, 2.05) is 36.6 Å². The molecule has 0 aliphatic carbocycles. The average molecular weight is 410 g/mol. The first kappa shape index (κ1) is 23.4. The second-order valence-electron chi connectivity index (χ2n) is 6.03. The lowest BCUT2D eigenvalue weighted by Gasteiger charge is -2.20. The number of carbonyl (C=O) groups is 4. The van der Waals surface area contributed by atoms with Crippen LogP contribution in [0.25, 0.3) is 0 Å². The van der Waals surface area contributed by atoms with Gasteiger partial charge in [0.15, 0.2) is 0 Å². The highest BCUT2D eigenvalue weighted by Gasteiger charge is 2.24. The zero-order chi connectivity index (χ0) is 20.9. The Bertz CT molecular complexity index is 671. The maximum atomic E-state index is 12.4. The van der Waals surface area contributed by atoms with Gasteiger partial charge in [-0.05, 0) is 30.4 Å². The summed E-state index contributed by atoms with van der Waals surface area (Å²) in [5.74, 6) is -2.18. The molecule has 0 saturated heterocycles. The molecular formula is C18H26N4O5S. The van der Waals surface area contributed by atoms with Crippen LogP contribution in [0.2, 0.25) is 0 Å². The standard InChI is InChI=1S/C18H26N4O5S/c1-28-8-7-14(18(27)21-10-15(23)20-11-16(24)25)22-17(26)13(19)9-12-5-3-2-4-6-12/h2-6,13-14H,7-11,19H2,1H3,(H,20,23)(H,21,27)(H,22,26)(H,24,25). The zero-order valence-corrected chi connectivity index (χ0v) is 16.5. The van der Waals surface area contributed by atoms with Crippen molar-refractivity contribution in [1.82, 2.24) is 16.0 Å². The Morgan fingerprint density at radius 2 is 1.75 bits per heavy atom. The molecule has 2 atom stereocenters. The third-order valence-corrected chi connectivity index (χ3v) is 4.38. The van der Waals surface area contributed by atoms with Crippen molar-refractivity contribution in [1.29, 1.82) is 0 Å². The van der Waals surface area contributed by atoms with Crippen molar-refractivity contribution in [2.24, 2.45) is 5.73 Å². The van der Waals surface area contributed by atoms with E-state index in [2.05, 4.69) is 16.0 Å². The molecule has 3 amide bonds. The molecule has 0 fully saturated rings. The molecule has 2 unspecified atom stereocenters. The molecule has 0 aliphatic heterocycles. The van der Waals surface area contributed by atoms with Gasteiger partial charge in [0.25, 0.3) is 0 Å². The minimum Gasteiger partial charge on any atom is -0.480 e. The van der Waals surface area contributed by atoms with E-state index in [4.69, 9.17) is 10.8 Å². The van der Waals surface area contributed by atoms with E-state index in [0.717, 1.165) is 5.56 Å². The number of thioether (sulfide) groups is 1. The molecule has 1 rings (SSSR count). The first-order valence-corrected chi connectivity index (χ1v) is 10.1. The zero-order valence-electron chi connectivity index (χ0n) is 15.6. The minimum atomic E-state index is -1.18. The molecule has 0 aromatic heterocycles. The summed E-state index contributed by atoms with van der Waals surface area (Å²) in [5, 5.41) is 15.7. The lowest BCUT2D eigenvalue weighted by atomic mass is 10.1. The highest BCUT2D eigenvalue weighted by atomic mass is 32.2. The van der Waals surface area contributed by atoms with Crippen LogP contribution in [0, 0.1) is 0 Å². The number of amides is 3. The second kappa shape index (κ2) is 12.7. The number of carboxylic acids is 1. The van der Waals surface area contributed by atoms with Gasteiger partial charge in [-0.15, -0.1) is 0 Å². The molecule has 0 radical (unpaired) electrons. The molecule has 0 saturated carbocycles. The number of nitrogens with two attached hydrogens (primary N) is 1. The topological polar surface area (TPSA) is 151 Å². The van der Waals surface area contributed by atoms with Crippen LogP contribution in [0.5, 0.6) is 0 Å². The van der Waals surface area contributed by atoms with Gasteiger partial charge in [0, 0.05) is 0 Å². The highest BCUT2D eigenvalue weighted by molar-refractivity contribution is 7.98. The lowest BCUT2D eigenvalue weighted by molar-refractivity contribution is -0.138. The van der Waals surface area contributed by atoms with Crippen molar-refractivity contribution in [3.63, 3.8) is 0 Å². The van der Waals surface area contributed by atoms with E-state index in [1.54, 1.807) is 0 Å². The Labute approximate surface area is 167 Å². The first-order valence-electron chi connectivity index (χ1n) is 8.68. The maximum absolute atomic E-state index is 12.4. The Kier molecular flexibility index (Phi) is 10.7. The summed E-state index contributed by atoms with van der Waals surface area (Å²) >= 11 is 1.51. The molecule has 0 bridgehead atoms. The highest BCUT2D eigenvalue weighted by Crippen LogP contribution is 2.04. The first-order chi connectivity index (χ1) is 13.3. The van der Waals surface area contributed by atoms with E-state index >= 15 is 0 Å². The Morgan fingerprint density at radius 3 is 2.36 bits per heavy atom. The number of carboxylic acid groups (broad SMARTS) is 1. The SMILES string of the molecule is CSCCC(NC(=O)C(N)Cc1ccccc1)C(=O)NCC(=O)NCC(=O)O. The van der Waals surface area contributed by atoms with Gasteiger partial charge >= 0.3 is 5.97 Å². The van der Waals surface area contributed by atoms with Crippen LogP contribution in [0.15, 0.2) is 30.3 Å². The molecule has 0 aliphatic rings. The Hall–Kier alpha value is -2.59. The lowest BCUT2D eigenvalue weighted by Crippen LogP contribution is -2.53. The number of nitrogens with one attached hydrogen (secondary N) is 3. The van der Waals surface area contributed by atoms with Gasteiger partial charge in [-0.1, -0.05) is 30.3 Å². The fraction of sp³-hybridized carbons (Fsp3) is 0.444. The molecule has 0 spiro atoms. The van der Waals surface area contributed by atoms with Crippen molar-refractivity contribution in [2.45, 2.75) is 24.9 Å². The van der Waals surface area contributed by atoms with Crippen molar-refractivity contribution in [3.8, 4) is 0 Å². The quantitative estimate of drug-likeness (QED) is 0.300. The molecule has 9 nitrogen and oxygen atoms in total. The average Bonchev–Trinajstić information content (AvgIpc) is 2.68. The van der Waals surface area contributed by atoms with Crippen molar-refractivity contribution < 1.29 is 24.3 Å². The smallest absolute Gasteiger partial charge is 0.322 e. The molecule has 10 heteroatoms. The summed E-state index contributed by atoms with van der Waals surface area (Å²) in [6.07, 6.45) is 2.58. The molecular weight excluding hydrogens is 384 g/mol. The van der Waals surface area contributed by atoms with Crippen molar-refractivity contribution in [3.05, 3.63) is 35.9 Å². The van der Waals surface area contributed by atoms with Gasteiger partial charge in [0.2, 0.25) is 17.7 Å². The predicted molar refractivity (Wildman–Crippen MR) is 107 cm³/mol. The van der Waals surface area contributed by atoms with Gasteiger partial charge in [-0.3, -0.25) is 19.2 Å². The van der Waals surface area contributed by atoms with E-state index in [0.29, 0.717) is 18.6 Å². The van der Waals surface area contributed by atoms with Gasteiger partial charge in [-0.2, -0.15) is 11.8 Å². The van der Waals surface area contributed by atoms with Crippen LogP contribution in [-0.2, 0) is 25.6 Å². The number of benzene rings is 1. The second-order valence-corrected chi connectivity index (χ2v) is 7.01. The summed E-state index contributed by atoms with van der Waals surface area (Å²) in [5.41, 5.74) is 6.86. The van der Waals surface area contributed by atoms with Gasteiger partial charge in [0.1, 0.15) is 12.6 Å². The third-order valence-electron chi connectivity index (χ3n) is 3.74. The fourth-order valence-electron chi connectivity index (χ4n) is 2.27. The minimum absolute atomic E-state index is 0.334. The van der Waals surface area contributed by atoms with Crippen LogP contribution in [0.4, 0.5) is 0 Å². The Balaban J connectivity index is 2.57. The van der Waals surface area contributed by atoms with Crippen molar-refractivity contribution >= 4 is 35.5 Å². The number of hydrogen-bond donors (Lipinski definition) is 5. The molecule has 1 aromatic carbocycles. The summed E-state index contributed by atoms with van der Waals surface area (Å²) in [4.78, 5) is 46.7. The largest absolute Gasteiger partial charge is 0.480 e. The molecule has 6 N–H and O–H groups in total. The number of rotatable bonds is 12. The summed E-state index contributed by atoms with van der Waals surface area (Å²) < 4.78 is 0. The third kappa shape index (κ3) is 9.38. The van der Waals surface area contributed by atoms with Crippen LogP contribution in [0.3, 0.4) is 0 Å². The van der Waals surface area contributed by atoms with Gasteiger partial charge in [-0.25, -0.2) is 0 Å². The van der Waals surface area contributed by atoms with E-state index < -0.39 is 42.3 Å². The van der Waals surface area contributed by atoms with Gasteiger partial charge < -0.3 is 26.8 Å². The number of aliphatic carboxylic acids is 1.